The van der Waals surface area contributed by atoms with Crippen molar-refractivity contribution in [3.05, 3.63) is 72.8 Å². The zero-order chi connectivity index (χ0) is 15.8. The minimum absolute atomic E-state index is 0.0248. The molecule has 0 bridgehead atoms. The van der Waals surface area contributed by atoms with Gasteiger partial charge in [-0.1, -0.05) is 13.8 Å². The molecule has 0 amide bonds. The molecule has 0 radical (unpaired) electrons. The van der Waals surface area contributed by atoms with Gasteiger partial charge in [0, 0.05) is 24.8 Å². The van der Waals surface area contributed by atoms with Crippen molar-refractivity contribution in [2.24, 2.45) is 0 Å². The standard InChI is InChI=1S/C17H14N2O.C2H6/c20-12-13-9-16(14-1-5-18-6-2-14)11-17(10-13)15-3-7-19-8-4-15;1-2/h1-11,20H,12H2;1-2H3. The van der Waals surface area contributed by atoms with Crippen LogP contribution >= 0.6 is 0 Å². The molecule has 2 aromatic heterocycles. The van der Waals surface area contributed by atoms with Crippen LogP contribution in [-0.4, -0.2) is 15.1 Å². The molecular weight excluding hydrogens is 272 g/mol. The van der Waals surface area contributed by atoms with E-state index in [1.54, 1.807) is 24.8 Å². The molecule has 0 saturated carbocycles. The summed E-state index contributed by atoms with van der Waals surface area (Å²) >= 11 is 0. The number of rotatable bonds is 3. The van der Waals surface area contributed by atoms with Crippen molar-refractivity contribution >= 4 is 0 Å². The minimum atomic E-state index is 0.0248. The zero-order valence-corrected chi connectivity index (χ0v) is 12.9. The number of aromatic nitrogens is 2. The first-order chi connectivity index (χ1) is 10.9. The third kappa shape index (κ3) is 3.77. The van der Waals surface area contributed by atoms with Crippen LogP contribution in [-0.2, 0) is 6.61 Å². The summed E-state index contributed by atoms with van der Waals surface area (Å²) in [6.07, 6.45) is 7.08. The van der Waals surface area contributed by atoms with Crippen LogP contribution < -0.4 is 0 Å². The van der Waals surface area contributed by atoms with Gasteiger partial charge in [0.05, 0.1) is 6.61 Å². The van der Waals surface area contributed by atoms with Crippen LogP contribution in [0, 0.1) is 0 Å². The van der Waals surface area contributed by atoms with Crippen LogP contribution in [0.2, 0.25) is 0 Å². The summed E-state index contributed by atoms with van der Waals surface area (Å²) in [7, 11) is 0. The Bertz CT molecular complexity index is 639. The number of nitrogens with zero attached hydrogens (tertiary/aromatic N) is 2. The number of aliphatic hydroxyl groups excluding tert-OH is 1. The fourth-order valence-corrected chi connectivity index (χ4v) is 2.21. The topological polar surface area (TPSA) is 46.0 Å². The van der Waals surface area contributed by atoms with Gasteiger partial charge in [0.2, 0.25) is 0 Å². The van der Waals surface area contributed by atoms with Crippen molar-refractivity contribution in [1.29, 1.82) is 0 Å². The highest BCUT2D eigenvalue weighted by atomic mass is 16.3. The van der Waals surface area contributed by atoms with E-state index in [9.17, 15) is 5.11 Å². The van der Waals surface area contributed by atoms with E-state index in [1.165, 1.54) is 0 Å². The van der Waals surface area contributed by atoms with Crippen molar-refractivity contribution < 1.29 is 5.11 Å². The molecular formula is C19H20N2O. The molecule has 3 rings (SSSR count). The Morgan fingerprint density at radius 2 is 1.09 bits per heavy atom. The second kappa shape index (κ2) is 8.05. The van der Waals surface area contributed by atoms with Crippen molar-refractivity contribution in [2.45, 2.75) is 20.5 Å². The highest BCUT2D eigenvalue weighted by Crippen LogP contribution is 2.27. The maximum absolute atomic E-state index is 9.46. The molecule has 0 aliphatic rings. The maximum Gasteiger partial charge on any atom is 0.0682 e. The van der Waals surface area contributed by atoms with Gasteiger partial charge in [-0.15, -0.1) is 0 Å². The minimum Gasteiger partial charge on any atom is -0.392 e. The average Bonchev–Trinajstić information content (AvgIpc) is 2.64. The van der Waals surface area contributed by atoms with Crippen LogP contribution in [0.15, 0.2) is 67.3 Å². The first-order valence-electron chi connectivity index (χ1n) is 7.42. The van der Waals surface area contributed by atoms with Gasteiger partial charge >= 0.3 is 0 Å². The molecule has 0 saturated heterocycles. The molecule has 112 valence electrons. The quantitative estimate of drug-likeness (QED) is 0.781. The first kappa shape index (κ1) is 15.9. The molecule has 3 aromatic rings. The first-order valence-corrected chi connectivity index (χ1v) is 7.42. The van der Waals surface area contributed by atoms with Gasteiger partial charge < -0.3 is 5.11 Å². The van der Waals surface area contributed by atoms with E-state index in [4.69, 9.17) is 0 Å². The van der Waals surface area contributed by atoms with E-state index in [-0.39, 0.29) is 6.61 Å². The Morgan fingerprint density at radius 1 is 0.682 bits per heavy atom. The zero-order valence-electron chi connectivity index (χ0n) is 12.9. The number of benzene rings is 1. The Hall–Kier alpha value is -2.52. The predicted molar refractivity (Wildman–Crippen MR) is 90.2 cm³/mol. The summed E-state index contributed by atoms with van der Waals surface area (Å²) in [5.41, 5.74) is 5.22. The molecule has 1 aromatic carbocycles. The molecule has 0 aliphatic carbocycles. The Labute approximate surface area is 131 Å². The lowest BCUT2D eigenvalue weighted by Gasteiger charge is -2.09. The number of hydrogen-bond acceptors (Lipinski definition) is 3. The average molecular weight is 292 g/mol. The van der Waals surface area contributed by atoms with Crippen LogP contribution in [0.1, 0.15) is 19.4 Å². The summed E-state index contributed by atoms with van der Waals surface area (Å²) < 4.78 is 0. The normalized spacial score (nSPS) is 9.77. The van der Waals surface area contributed by atoms with Crippen LogP contribution in [0.3, 0.4) is 0 Å². The third-order valence-electron chi connectivity index (χ3n) is 3.20. The summed E-state index contributed by atoms with van der Waals surface area (Å²) in [6, 6.07) is 14.0. The monoisotopic (exact) mass is 292 g/mol. The smallest absolute Gasteiger partial charge is 0.0682 e. The third-order valence-corrected chi connectivity index (χ3v) is 3.20. The van der Waals surface area contributed by atoms with Gasteiger partial charge in [0.25, 0.3) is 0 Å². The Kier molecular flexibility index (Phi) is 5.81. The molecule has 1 N–H and O–H groups in total. The van der Waals surface area contributed by atoms with Crippen molar-refractivity contribution in [1.82, 2.24) is 9.97 Å². The van der Waals surface area contributed by atoms with Gasteiger partial charge in [-0.05, 0) is 70.3 Å². The van der Waals surface area contributed by atoms with Crippen molar-refractivity contribution in [3.8, 4) is 22.3 Å². The molecule has 3 nitrogen and oxygen atoms in total. The summed E-state index contributed by atoms with van der Waals surface area (Å²) in [6.45, 7) is 4.02. The lowest BCUT2D eigenvalue weighted by Crippen LogP contribution is -1.89. The number of pyridine rings is 2. The lowest BCUT2D eigenvalue weighted by molar-refractivity contribution is 0.282. The van der Waals surface area contributed by atoms with Crippen molar-refractivity contribution in [2.75, 3.05) is 0 Å². The molecule has 3 heteroatoms. The van der Waals surface area contributed by atoms with Gasteiger partial charge in [-0.25, -0.2) is 0 Å². The fraction of sp³-hybridized carbons (Fsp3) is 0.158. The Balaban J connectivity index is 0.000000847. The van der Waals surface area contributed by atoms with Crippen LogP contribution in [0.4, 0.5) is 0 Å². The van der Waals surface area contributed by atoms with Gasteiger partial charge in [0.15, 0.2) is 0 Å². The highest BCUT2D eigenvalue weighted by molar-refractivity contribution is 5.73. The molecule has 0 atom stereocenters. The summed E-state index contributed by atoms with van der Waals surface area (Å²) in [5.74, 6) is 0. The van der Waals surface area contributed by atoms with E-state index in [2.05, 4.69) is 16.0 Å². The van der Waals surface area contributed by atoms with Crippen LogP contribution in [0.5, 0.6) is 0 Å². The molecule has 0 aliphatic heterocycles. The Morgan fingerprint density at radius 3 is 1.45 bits per heavy atom. The SMILES string of the molecule is CC.OCc1cc(-c2ccncc2)cc(-c2ccncc2)c1. The lowest BCUT2D eigenvalue weighted by atomic mass is 9.97. The molecule has 22 heavy (non-hydrogen) atoms. The molecule has 0 fully saturated rings. The van der Waals surface area contributed by atoms with Gasteiger partial charge in [-0.2, -0.15) is 0 Å². The fourth-order valence-electron chi connectivity index (χ4n) is 2.21. The molecule has 0 spiro atoms. The number of hydrogen-bond donors (Lipinski definition) is 1. The number of aliphatic hydroxyl groups is 1. The van der Waals surface area contributed by atoms with E-state index in [0.29, 0.717) is 0 Å². The maximum atomic E-state index is 9.46. The highest BCUT2D eigenvalue weighted by Gasteiger charge is 2.05. The van der Waals surface area contributed by atoms with Crippen LogP contribution in [0.25, 0.3) is 22.3 Å². The second-order valence-corrected chi connectivity index (χ2v) is 4.55. The summed E-state index contributed by atoms with van der Waals surface area (Å²) in [4.78, 5) is 8.07. The summed E-state index contributed by atoms with van der Waals surface area (Å²) in [5, 5.41) is 9.46. The molecule has 2 heterocycles. The molecule has 0 unspecified atom stereocenters. The van der Waals surface area contributed by atoms with Crippen molar-refractivity contribution in [3.63, 3.8) is 0 Å². The van der Waals surface area contributed by atoms with E-state index in [1.807, 2.05) is 50.2 Å². The predicted octanol–water partition coefficient (Wildman–Crippen LogP) is 4.33. The van der Waals surface area contributed by atoms with Gasteiger partial charge in [-0.3, -0.25) is 9.97 Å². The van der Waals surface area contributed by atoms with E-state index >= 15 is 0 Å². The second-order valence-electron chi connectivity index (χ2n) is 4.55. The van der Waals surface area contributed by atoms with E-state index in [0.717, 1.165) is 27.8 Å². The van der Waals surface area contributed by atoms with Gasteiger partial charge in [0.1, 0.15) is 0 Å². The largest absolute Gasteiger partial charge is 0.392 e. The van der Waals surface area contributed by atoms with E-state index < -0.39 is 0 Å².